The van der Waals surface area contributed by atoms with E-state index in [2.05, 4.69) is 14.7 Å². The number of nitrogens with zero attached hydrogens (tertiary/aromatic N) is 3. The Bertz CT molecular complexity index is 1880. The zero-order chi connectivity index (χ0) is 36.6. The molecule has 14 heteroatoms. The maximum absolute atomic E-state index is 14.5. The molecule has 2 aromatic carbocycles. The molecule has 3 aliphatic carbocycles. The molecule has 51 heavy (non-hydrogen) atoms. The Labute approximate surface area is 294 Å². The van der Waals surface area contributed by atoms with E-state index in [4.69, 9.17) is 4.74 Å². The van der Waals surface area contributed by atoms with Crippen LogP contribution in [-0.4, -0.2) is 61.9 Å². The third-order valence-electron chi connectivity index (χ3n) is 11.9. The molecular formula is C37H42F6N4O3S. The van der Waals surface area contributed by atoms with Gasteiger partial charge in [0.25, 0.3) is 10.0 Å². The number of rotatable bonds is 6. The highest BCUT2D eigenvalue weighted by Gasteiger charge is 2.64. The van der Waals surface area contributed by atoms with Crippen molar-refractivity contribution >= 4 is 16.0 Å². The Kier molecular flexibility index (Phi) is 8.91. The standard InChI is InChI=1S/C37H42F6N4O3S/c1-22-6-4-7-23(2)32(22)30-14-31-45-33(44-30)46-51(48,49)28-9-5-8-24(12-28)13-29(26(20-50-31)17-35(10-11-35)37(41,42)43)25-15-34(16-25)18-27(19-34)47(3)21-36(38,39)40/h4-9,12,14,25-27,29H,10-11,13,15-21H2,1-3H3,(H,44,45,46)/t25?,26-,27?,29?,34?/m1/s1. The molecular weight excluding hydrogens is 694 g/mol. The molecule has 3 aromatic rings. The second kappa shape index (κ2) is 12.6. The van der Waals surface area contributed by atoms with E-state index in [0.29, 0.717) is 43.4 Å². The van der Waals surface area contributed by atoms with Crippen molar-refractivity contribution in [3.8, 4) is 17.1 Å². The fourth-order valence-electron chi connectivity index (χ4n) is 9.03. The first-order valence-electron chi connectivity index (χ1n) is 17.4. The zero-order valence-corrected chi connectivity index (χ0v) is 29.6. The van der Waals surface area contributed by atoms with Gasteiger partial charge in [-0.1, -0.05) is 30.3 Å². The number of aryl methyl sites for hydroxylation is 2. The van der Waals surface area contributed by atoms with Gasteiger partial charge in [0.2, 0.25) is 11.8 Å². The van der Waals surface area contributed by atoms with Crippen LogP contribution in [0, 0.1) is 42.4 Å². The third-order valence-corrected chi connectivity index (χ3v) is 13.2. The highest BCUT2D eigenvalue weighted by Crippen LogP contribution is 2.65. The molecule has 276 valence electrons. The van der Waals surface area contributed by atoms with Gasteiger partial charge in [0.1, 0.15) is 0 Å². The molecule has 1 unspecified atom stereocenters. The molecule has 2 heterocycles. The van der Waals surface area contributed by atoms with Crippen molar-refractivity contribution in [1.82, 2.24) is 14.9 Å². The minimum absolute atomic E-state index is 0.00818. The summed E-state index contributed by atoms with van der Waals surface area (Å²) in [5.74, 6) is -1.03. The summed E-state index contributed by atoms with van der Waals surface area (Å²) >= 11 is 0. The second-order valence-corrected chi connectivity index (χ2v) is 17.3. The maximum Gasteiger partial charge on any atom is 0.401 e. The topological polar surface area (TPSA) is 84.4 Å². The SMILES string of the molecule is Cc1cccc(C)c1-c1cc2nc(n1)NS(=O)(=O)c1cccc(c1)CC(C1CC3(C1)CC(N(C)CC(F)(F)F)C3)[C@H](CC1(C(F)(F)F)CC1)CO2. The van der Waals surface area contributed by atoms with E-state index >= 15 is 0 Å². The summed E-state index contributed by atoms with van der Waals surface area (Å²) in [6.45, 7) is 2.75. The summed E-state index contributed by atoms with van der Waals surface area (Å²) in [5.41, 5.74) is 1.67. The van der Waals surface area contributed by atoms with Gasteiger partial charge in [-0.25, -0.2) is 18.1 Å². The van der Waals surface area contributed by atoms with Gasteiger partial charge in [0, 0.05) is 17.7 Å². The van der Waals surface area contributed by atoms with Crippen LogP contribution in [0.4, 0.5) is 32.3 Å². The molecule has 1 aliphatic heterocycles. The molecule has 0 radical (unpaired) electrons. The molecule has 7 rings (SSSR count). The highest BCUT2D eigenvalue weighted by atomic mass is 32.2. The average Bonchev–Trinajstić information content (AvgIpc) is 3.77. The van der Waals surface area contributed by atoms with Gasteiger partial charge in [0.05, 0.1) is 29.2 Å². The minimum Gasteiger partial charge on any atom is -0.477 e. The summed E-state index contributed by atoms with van der Waals surface area (Å²) in [4.78, 5) is 10.2. The van der Waals surface area contributed by atoms with Crippen molar-refractivity contribution in [3.05, 3.63) is 65.2 Å². The lowest BCUT2D eigenvalue weighted by atomic mass is 9.46. The van der Waals surface area contributed by atoms with Crippen molar-refractivity contribution in [2.45, 2.75) is 88.5 Å². The molecule has 2 atom stereocenters. The number of sulfonamides is 1. The largest absolute Gasteiger partial charge is 0.477 e. The first kappa shape index (κ1) is 36.0. The number of fused-ring (bicyclic) bond motifs is 4. The van der Waals surface area contributed by atoms with E-state index in [0.717, 1.165) is 16.7 Å². The molecule has 4 aliphatic rings. The van der Waals surface area contributed by atoms with Crippen LogP contribution >= 0.6 is 0 Å². The summed E-state index contributed by atoms with van der Waals surface area (Å²) < 4.78 is 119. The molecule has 1 aromatic heterocycles. The molecule has 3 saturated carbocycles. The fraction of sp³-hybridized carbons (Fsp3) is 0.568. The van der Waals surface area contributed by atoms with Crippen LogP contribution in [0.2, 0.25) is 0 Å². The number of benzene rings is 2. The van der Waals surface area contributed by atoms with Crippen molar-refractivity contribution in [2.24, 2.45) is 28.6 Å². The van der Waals surface area contributed by atoms with Crippen LogP contribution in [0.3, 0.4) is 0 Å². The molecule has 0 amide bonds. The lowest BCUT2D eigenvalue weighted by Crippen LogP contribution is -2.58. The number of hydrogen-bond acceptors (Lipinski definition) is 6. The van der Waals surface area contributed by atoms with E-state index in [1.54, 1.807) is 24.3 Å². The third kappa shape index (κ3) is 7.31. The lowest BCUT2D eigenvalue weighted by molar-refractivity contribution is -0.196. The normalized spacial score (nSPS) is 28.3. The zero-order valence-electron chi connectivity index (χ0n) is 28.7. The minimum atomic E-state index is -4.39. The van der Waals surface area contributed by atoms with E-state index in [-0.39, 0.29) is 65.9 Å². The summed E-state index contributed by atoms with van der Waals surface area (Å²) in [6.07, 6.45) is -5.81. The number of nitrogens with one attached hydrogen (secondary N) is 1. The van der Waals surface area contributed by atoms with Crippen LogP contribution in [0.1, 0.15) is 61.6 Å². The second-order valence-electron chi connectivity index (χ2n) is 15.6. The predicted octanol–water partition coefficient (Wildman–Crippen LogP) is 8.51. The van der Waals surface area contributed by atoms with Gasteiger partial charge >= 0.3 is 12.4 Å². The van der Waals surface area contributed by atoms with Crippen LogP contribution < -0.4 is 9.46 Å². The molecule has 3 fully saturated rings. The van der Waals surface area contributed by atoms with Gasteiger partial charge in [-0.05, 0) is 124 Å². The maximum atomic E-state index is 14.5. The Balaban J connectivity index is 1.25. The Morgan fingerprint density at radius 2 is 1.61 bits per heavy atom. The monoisotopic (exact) mass is 736 g/mol. The Morgan fingerprint density at radius 3 is 2.24 bits per heavy atom. The smallest absolute Gasteiger partial charge is 0.401 e. The Morgan fingerprint density at radius 1 is 0.941 bits per heavy atom. The van der Waals surface area contributed by atoms with Gasteiger partial charge in [0.15, 0.2) is 0 Å². The van der Waals surface area contributed by atoms with E-state index < -0.39 is 40.3 Å². The number of halogens is 6. The van der Waals surface area contributed by atoms with Gasteiger partial charge in [-0.3, -0.25) is 4.90 Å². The van der Waals surface area contributed by atoms with Crippen LogP contribution in [-0.2, 0) is 16.4 Å². The first-order chi connectivity index (χ1) is 23.8. The van der Waals surface area contributed by atoms with Crippen molar-refractivity contribution < 1.29 is 39.5 Å². The lowest BCUT2D eigenvalue weighted by Gasteiger charge is -2.62. The van der Waals surface area contributed by atoms with E-state index in [1.807, 2.05) is 32.0 Å². The van der Waals surface area contributed by atoms with Crippen LogP contribution in [0.25, 0.3) is 11.3 Å². The van der Waals surface area contributed by atoms with Gasteiger partial charge in [-0.2, -0.15) is 31.3 Å². The predicted molar refractivity (Wildman–Crippen MR) is 180 cm³/mol. The van der Waals surface area contributed by atoms with Crippen molar-refractivity contribution in [1.29, 1.82) is 0 Å². The van der Waals surface area contributed by atoms with Gasteiger partial charge in [-0.15, -0.1) is 0 Å². The number of aromatic nitrogens is 2. The Hall–Kier alpha value is -3.39. The molecule has 0 saturated heterocycles. The average molecular weight is 737 g/mol. The molecule has 7 nitrogen and oxygen atoms in total. The number of anilines is 1. The van der Waals surface area contributed by atoms with Crippen LogP contribution in [0.5, 0.6) is 5.88 Å². The molecule has 4 bridgehead atoms. The van der Waals surface area contributed by atoms with Gasteiger partial charge < -0.3 is 4.74 Å². The number of alkyl halides is 6. The molecule has 1 spiro atoms. The van der Waals surface area contributed by atoms with Crippen molar-refractivity contribution in [3.63, 3.8) is 0 Å². The summed E-state index contributed by atoms with van der Waals surface area (Å²) in [5, 5.41) is 0. The summed E-state index contributed by atoms with van der Waals surface area (Å²) in [7, 11) is -2.68. The van der Waals surface area contributed by atoms with Crippen molar-refractivity contribution in [2.75, 3.05) is 24.9 Å². The molecule has 1 N–H and O–H groups in total. The van der Waals surface area contributed by atoms with E-state index in [9.17, 15) is 34.8 Å². The fourth-order valence-corrected chi connectivity index (χ4v) is 10.0. The highest BCUT2D eigenvalue weighted by molar-refractivity contribution is 7.92. The van der Waals surface area contributed by atoms with Crippen LogP contribution in [0.15, 0.2) is 53.4 Å². The number of hydrogen-bond donors (Lipinski definition) is 1. The number of ether oxygens (including phenoxy) is 1. The quantitative estimate of drug-likeness (QED) is 0.256. The first-order valence-corrected chi connectivity index (χ1v) is 18.9. The summed E-state index contributed by atoms with van der Waals surface area (Å²) in [6, 6.07) is 13.5. The van der Waals surface area contributed by atoms with E-state index in [1.165, 1.54) is 18.0 Å².